The Kier molecular flexibility index (Phi) is 5.63. The molecule has 0 aliphatic carbocycles. The average molecular weight is 377 g/mol. The number of carbonyl (C=O) groups is 1. The van der Waals surface area contributed by atoms with Gasteiger partial charge in [0.05, 0.1) is 5.52 Å². The number of hydrogen-bond donors (Lipinski definition) is 1. The summed E-state index contributed by atoms with van der Waals surface area (Å²) in [5.41, 5.74) is 2.99. The summed E-state index contributed by atoms with van der Waals surface area (Å²) in [6.07, 6.45) is 4.42. The van der Waals surface area contributed by atoms with E-state index >= 15 is 0 Å². The fourth-order valence-electron chi connectivity index (χ4n) is 3.89. The summed E-state index contributed by atoms with van der Waals surface area (Å²) in [6, 6.07) is 16.2. The lowest BCUT2D eigenvalue weighted by Gasteiger charge is -2.32. The number of piperidine rings is 1. The summed E-state index contributed by atoms with van der Waals surface area (Å²) in [6.45, 7) is 2.90. The number of para-hydroxylation sites is 1. The molecule has 1 aromatic heterocycles. The minimum atomic E-state index is -0.299. The number of anilines is 1. The van der Waals surface area contributed by atoms with Gasteiger partial charge in [-0.15, -0.1) is 0 Å². The lowest BCUT2D eigenvalue weighted by Crippen LogP contribution is -2.34. The van der Waals surface area contributed by atoms with Gasteiger partial charge >= 0.3 is 0 Å². The summed E-state index contributed by atoms with van der Waals surface area (Å²) in [7, 11) is 0. The Balaban J connectivity index is 1.28. The van der Waals surface area contributed by atoms with Crippen LogP contribution in [0.1, 0.15) is 24.8 Å². The zero-order valence-corrected chi connectivity index (χ0v) is 15.8. The zero-order valence-electron chi connectivity index (χ0n) is 15.8. The van der Waals surface area contributed by atoms with E-state index in [1.165, 1.54) is 23.1 Å². The normalized spacial score (nSPS) is 15.6. The summed E-state index contributed by atoms with van der Waals surface area (Å²) in [5, 5.41) is 4.08. The molecule has 2 heterocycles. The number of carbonyl (C=O) groups excluding carboxylic acids is 1. The largest absolute Gasteiger partial charge is 0.326 e. The van der Waals surface area contributed by atoms with Crippen molar-refractivity contribution in [2.75, 3.05) is 18.4 Å². The van der Waals surface area contributed by atoms with Gasteiger partial charge < -0.3 is 5.32 Å². The van der Waals surface area contributed by atoms with Gasteiger partial charge in [-0.05, 0) is 73.8 Å². The maximum Gasteiger partial charge on any atom is 0.224 e. The third-order valence-electron chi connectivity index (χ3n) is 5.44. The van der Waals surface area contributed by atoms with Crippen LogP contribution in [0.5, 0.6) is 0 Å². The number of halogens is 1. The highest BCUT2D eigenvalue weighted by molar-refractivity contribution is 5.90. The average Bonchev–Trinajstić information content (AvgIpc) is 2.71. The molecule has 5 heteroatoms. The smallest absolute Gasteiger partial charge is 0.224 e. The number of nitrogens with zero attached hydrogens (tertiary/aromatic N) is 2. The highest BCUT2D eigenvalue weighted by Gasteiger charge is 2.22. The SMILES string of the molecule is O=C(CC1CCN(Cc2ccnc3ccccc23)CC1)Nc1ccc(F)cc1. The van der Waals surface area contributed by atoms with Crippen molar-refractivity contribution >= 4 is 22.5 Å². The zero-order chi connectivity index (χ0) is 19.3. The quantitative estimate of drug-likeness (QED) is 0.706. The highest BCUT2D eigenvalue weighted by atomic mass is 19.1. The van der Waals surface area contributed by atoms with Crippen molar-refractivity contribution in [3.05, 3.63) is 72.2 Å². The molecular formula is C23H24FN3O. The lowest BCUT2D eigenvalue weighted by atomic mass is 9.92. The molecular weight excluding hydrogens is 353 g/mol. The van der Waals surface area contributed by atoms with Gasteiger partial charge in [-0.2, -0.15) is 0 Å². The van der Waals surface area contributed by atoms with Gasteiger partial charge in [-0.25, -0.2) is 4.39 Å². The molecule has 0 saturated carbocycles. The lowest BCUT2D eigenvalue weighted by molar-refractivity contribution is -0.117. The van der Waals surface area contributed by atoms with E-state index in [1.807, 2.05) is 18.3 Å². The fraction of sp³-hybridized carbons (Fsp3) is 0.304. The van der Waals surface area contributed by atoms with E-state index in [-0.39, 0.29) is 11.7 Å². The number of rotatable bonds is 5. The fourth-order valence-corrected chi connectivity index (χ4v) is 3.89. The number of nitrogens with one attached hydrogen (secondary N) is 1. The summed E-state index contributed by atoms with van der Waals surface area (Å²) in [5.74, 6) is 0.100. The van der Waals surface area contributed by atoms with E-state index < -0.39 is 0 Å². The highest BCUT2D eigenvalue weighted by Crippen LogP contribution is 2.24. The topological polar surface area (TPSA) is 45.2 Å². The first-order chi connectivity index (χ1) is 13.7. The molecule has 4 rings (SSSR count). The molecule has 144 valence electrons. The molecule has 0 bridgehead atoms. The van der Waals surface area contributed by atoms with E-state index in [9.17, 15) is 9.18 Å². The first kappa shape index (κ1) is 18.6. The molecule has 0 atom stereocenters. The van der Waals surface area contributed by atoms with Crippen LogP contribution in [-0.4, -0.2) is 28.9 Å². The van der Waals surface area contributed by atoms with Gasteiger partial charge in [0.1, 0.15) is 5.82 Å². The van der Waals surface area contributed by atoms with Crippen molar-refractivity contribution in [1.82, 2.24) is 9.88 Å². The standard InChI is InChI=1S/C23H24FN3O/c24-19-5-7-20(8-6-19)26-23(28)15-17-10-13-27(14-11-17)16-18-9-12-25-22-4-2-1-3-21(18)22/h1-9,12,17H,10-11,13-16H2,(H,26,28). The van der Waals surface area contributed by atoms with E-state index in [1.54, 1.807) is 12.1 Å². The van der Waals surface area contributed by atoms with Crippen molar-refractivity contribution in [1.29, 1.82) is 0 Å². The van der Waals surface area contributed by atoms with Gasteiger partial charge in [-0.1, -0.05) is 18.2 Å². The maximum absolute atomic E-state index is 13.0. The second kappa shape index (κ2) is 8.48. The van der Waals surface area contributed by atoms with E-state index in [0.717, 1.165) is 38.0 Å². The van der Waals surface area contributed by atoms with Crippen LogP contribution in [-0.2, 0) is 11.3 Å². The second-order valence-electron chi connectivity index (χ2n) is 7.47. The molecule has 0 unspecified atom stereocenters. The molecule has 4 nitrogen and oxygen atoms in total. The van der Waals surface area contributed by atoms with Crippen LogP contribution in [0.15, 0.2) is 60.8 Å². The van der Waals surface area contributed by atoms with Gasteiger partial charge in [0, 0.05) is 30.2 Å². The van der Waals surface area contributed by atoms with Crippen molar-refractivity contribution in [3.63, 3.8) is 0 Å². The predicted octanol–water partition coefficient (Wildman–Crippen LogP) is 4.61. The Morgan fingerprint density at radius 3 is 2.61 bits per heavy atom. The molecule has 1 aliphatic rings. The van der Waals surface area contributed by atoms with Crippen LogP contribution in [0.4, 0.5) is 10.1 Å². The molecule has 1 N–H and O–H groups in total. The second-order valence-corrected chi connectivity index (χ2v) is 7.47. The molecule has 1 aliphatic heterocycles. The molecule has 28 heavy (non-hydrogen) atoms. The van der Waals surface area contributed by atoms with Crippen molar-refractivity contribution < 1.29 is 9.18 Å². The number of benzene rings is 2. The van der Waals surface area contributed by atoms with Gasteiger partial charge in [0.2, 0.25) is 5.91 Å². The molecule has 0 spiro atoms. The van der Waals surface area contributed by atoms with Crippen molar-refractivity contribution in [3.8, 4) is 0 Å². The molecule has 2 aromatic carbocycles. The van der Waals surface area contributed by atoms with Crippen LogP contribution in [0.3, 0.4) is 0 Å². The minimum Gasteiger partial charge on any atom is -0.326 e. The van der Waals surface area contributed by atoms with Gasteiger partial charge in [-0.3, -0.25) is 14.7 Å². The van der Waals surface area contributed by atoms with E-state index in [0.29, 0.717) is 18.0 Å². The number of fused-ring (bicyclic) bond motifs is 1. The summed E-state index contributed by atoms with van der Waals surface area (Å²) >= 11 is 0. The van der Waals surface area contributed by atoms with Crippen molar-refractivity contribution in [2.45, 2.75) is 25.8 Å². The number of amides is 1. The Labute approximate surface area is 164 Å². The predicted molar refractivity (Wildman–Crippen MR) is 109 cm³/mol. The molecule has 1 saturated heterocycles. The van der Waals surface area contributed by atoms with E-state index in [2.05, 4.69) is 33.4 Å². The maximum atomic E-state index is 13.0. The molecule has 3 aromatic rings. The first-order valence-corrected chi connectivity index (χ1v) is 9.78. The third-order valence-corrected chi connectivity index (χ3v) is 5.44. The monoisotopic (exact) mass is 377 g/mol. The first-order valence-electron chi connectivity index (χ1n) is 9.78. The van der Waals surface area contributed by atoms with Crippen LogP contribution >= 0.6 is 0 Å². The van der Waals surface area contributed by atoms with Crippen molar-refractivity contribution in [2.24, 2.45) is 5.92 Å². The van der Waals surface area contributed by atoms with Crippen LogP contribution in [0.25, 0.3) is 10.9 Å². The van der Waals surface area contributed by atoms with Crippen LogP contribution in [0, 0.1) is 11.7 Å². The Hall–Kier alpha value is -2.79. The van der Waals surface area contributed by atoms with Crippen LogP contribution in [0.2, 0.25) is 0 Å². The Bertz CT molecular complexity index is 944. The number of likely N-dealkylation sites (tertiary alicyclic amines) is 1. The number of aromatic nitrogens is 1. The Morgan fingerprint density at radius 2 is 1.82 bits per heavy atom. The summed E-state index contributed by atoms with van der Waals surface area (Å²) < 4.78 is 13.0. The number of hydrogen-bond acceptors (Lipinski definition) is 3. The summed E-state index contributed by atoms with van der Waals surface area (Å²) in [4.78, 5) is 19.1. The molecule has 1 amide bonds. The molecule has 1 fully saturated rings. The Morgan fingerprint density at radius 1 is 1.07 bits per heavy atom. The minimum absolute atomic E-state index is 0.00480. The third kappa shape index (κ3) is 4.54. The van der Waals surface area contributed by atoms with Gasteiger partial charge in [0.25, 0.3) is 0 Å². The van der Waals surface area contributed by atoms with Gasteiger partial charge in [0.15, 0.2) is 0 Å². The number of pyridine rings is 1. The van der Waals surface area contributed by atoms with E-state index in [4.69, 9.17) is 0 Å². The van der Waals surface area contributed by atoms with Crippen LogP contribution < -0.4 is 5.32 Å². The molecule has 0 radical (unpaired) electrons.